The number of anilines is 1. The van der Waals surface area contributed by atoms with E-state index in [0.717, 1.165) is 11.1 Å². The molecule has 24 heavy (non-hydrogen) atoms. The highest BCUT2D eigenvalue weighted by Gasteiger charge is 2.10. The number of aryl methyl sites for hydroxylation is 1. The summed E-state index contributed by atoms with van der Waals surface area (Å²) in [5.74, 6) is 0.0482. The van der Waals surface area contributed by atoms with Crippen molar-refractivity contribution in [3.05, 3.63) is 59.4 Å². The van der Waals surface area contributed by atoms with Crippen LogP contribution in [0.1, 0.15) is 18.1 Å². The van der Waals surface area contributed by atoms with Crippen molar-refractivity contribution in [3.8, 4) is 11.5 Å². The minimum Gasteiger partial charge on any atom is -0.493 e. The average Bonchev–Trinajstić information content (AvgIpc) is 2.57. The molecule has 0 saturated carbocycles. The van der Waals surface area contributed by atoms with Gasteiger partial charge in [-0.05, 0) is 49.2 Å². The fourth-order valence-corrected chi connectivity index (χ4v) is 2.16. The first-order chi connectivity index (χ1) is 11.5. The SMILES string of the molecule is C/C=C/c1ccc(OCC(=O)Nc2cc(C)ccc2F)c(OC)c1. The highest BCUT2D eigenvalue weighted by Crippen LogP contribution is 2.28. The molecule has 4 nitrogen and oxygen atoms in total. The van der Waals surface area contributed by atoms with Gasteiger partial charge in [0, 0.05) is 0 Å². The molecule has 0 saturated heterocycles. The van der Waals surface area contributed by atoms with Gasteiger partial charge in [0.15, 0.2) is 18.1 Å². The molecule has 0 bridgehead atoms. The first kappa shape index (κ1) is 17.5. The van der Waals surface area contributed by atoms with E-state index in [-0.39, 0.29) is 12.3 Å². The van der Waals surface area contributed by atoms with Gasteiger partial charge >= 0.3 is 0 Å². The van der Waals surface area contributed by atoms with Gasteiger partial charge in [-0.2, -0.15) is 0 Å². The zero-order chi connectivity index (χ0) is 17.5. The van der Waals surface area contributed by atoms with Crippen LogP contribution in [0.2, 0.25) is 0 Å². The molecule has 0 fully saturated rings. The number of ether oxygens (including phenoxy) is 2. The molecule has 0 radical (unpaired) electrons. The van der Waals surface area contributed by atoms with Crippen LogP contribution in [-0.4, -0.2) is 19.6 Å². The third kappa shape index (κ3) is 4.59. The van der Waals surface area contributed by atoms with Crippen LogP contribution in [0, 0.1) is 12.7 Å². The molecule has 0 atom stereocenters. The van der Waals surface area contributed by atoms with Gasteiger partial charge in [0.2, 0.25) is 0 Å². The van der Waals surface area contributed by atoms with Crippen LogP contribution < -0.4 is 14.8 Å². The van der Waals surface area contributed by atoms with Crippen molar-refractivity contribution >= 4 is 17.7 Å². The Hall–Kier alpha value is -2.82. The van der Waals surface area contributed by atoms with Gasteiger partial charge in [-0.3, -0.25) is 4.79 Å². The maximum Gasteiger partial charge on any atom is 0.262 e. The summed E-state index contributed by atoms with van der Waals surface area (Å²) in [6.07, 6.45) is 3.85. The quantitative estimate of drug-likeness (QED) is 0.864. The third-order valence-electron chi connectivity index (χ3n) is 3.30. The number of rotatable bonds is 6. The maximum atomic E-state index is 13.6. The van der Waals surface area contributed by atoms with Crippen molar-refractivity contribution in [1.82, 2.24) is 0 Å². The summed E-state index contributed by atoms with van der Waals surface area (Å²) in [4.78, 5) is 12.0. The summed E-state index contributed by atoms with van der Waals surface area (Å²) in [5.41, 5.74) is 1.96. The number of amides is 1. The molecule has 0 heterocycles. The molecule has 0 spiro atoms. The Morgan fingerprint density at radius 1 is 1.21 bits per heavy atom. The molecule has 2 aromatic carbocycles. The lowest BCUT2D eigenvalue weighted by Gasteiger charge is -2.12. The van der Waals surface area contributed by atoms with Gasteiger partial charge in [0.1, 0.15) is 5.82 Å². The molecule has 126 valence electrons. The molecule has 1 N–H and O–H groups in total. The zero-order valence-corrected chi connectivity index (χ0v) is 13.9. The molecule has 0 aliphatic heterocycles. The smallest absolute Gasteiger partial charge is 0.262 e. The number of hydrogen-bond acceptors (Lipinski definition) is 3. The standard InChI is InChI=1S/C19H20FNO3/c1-4-5-14-7-9-17(18(11-14)23-3)24-12-19(22)21-16-10-13(2)6-8-15(16)20/h4-11H,12H2,1-3H3,(H,21,22)/b5-4+. The van der Waals surface area contributed by atoms with Gasteiger partial charge in [0.05, 0.1) is 12.8 Å². The Morgan fingerprint density at radius 3 is 2.71 bits per heavy atom. The Bertz CT molecular complexity index is 756. The van der Waals surface area contributed by atoms with Crippen molar-refractivity contribution < 1.29 is 18.7 Å². The number of benzene rings is 2. The number of carbonyl (C=O) groups excluding carboxylic acids is 1. The molecule has 2 aromatic rings. The van der Waals surface area contributed by atoms with Crippen molar-refractivity contribution in [2.24, 2.45) is 0 Å². The van der Waals surface area contributed by atoms with Crippen LogP contribution in [0.4, 0.5) is 10.1 Å². The minimum atomic E-state index is -0.484. The molecule has 1 amide bonds. The second-order valence-electron chi connectivity index (χ2n) is 5.23. The second-order valence-corrected chi connectivity index (χ2v) is 5.23. The van der Waals surface area contributed by atoms with Crippen molar-refractivity contribution in [1.29, 1.82) is 0 Å². The summed E-state index contributed by atoms with van der Waals surface area (Å²) in [7, 11) is 1.53. The number of methoxy groups -OCH3 is 1. The van der Waals surface area contributed by atoms with E-state index in [9.17, 15) is 9.18 Å². The third-order valence-corrected chi connectivity index (χ3v) is 3.30. The molecule has 5 heteroatoms. The Kier molecular flexibility index (Phi) is 5.95. The van der Waals surface area contributed by atoms with Crippen molar-refractivity contribution in [2.75, 3.05) is 19.0 Å². The molecular formula is C19H20FNO3. The summed E-state index contributed by atoms with van der Waals surface area (Å²) in [5, 5.41) is 2.50. The van der Waals surface area contributed by atoms with Gasteiger partial charge in [-0.15, -0.1) is 0 Å². The van der Waals surface area contributed by atoms with Crippen LogP contribution in [0.15, 0.2) is 42.5 Å². The van der Waals surface area contributed by atoms with E-state index in [2.05, 4.69) is 5.32 Å². The number of nitrogens with one attached hydrogen (secondary N) is 1. The van der Waals surface area contributed by atoms with Crippen molar-refractivity contribution in [3.63, 3.8) is 0 Å². The fraction of sp³-hybridized carbons (Fsp3) is 0.211. The fourth-order valence-electron chi connectivity index (χ4n) is 2.16. The number of allylic oxidation sites excluding steroid dienone is 1. The summed E-state index contributed by atoms with van der Waals surface area (Å²) < 4.78 is 24.4. The molecular weight excluding hydrogens is 309 g/mol. The number of carbonyl (C=O) groups is 1. The topological polar surface area (TPSA) is 47.6 Å². The summed E-state index contributed by atoms with van der Waals surface area (Å²) in [6.45, 7) is 3.50. The molecule has 0 aliphatic rings. The summed E-state index contributed by atoms with van der Waals surface area (Å²) in [6, 6.07) is 9.92. The van der Waals surface area contributed by atoms with Crippen LogP contribution in [0.25, 0.3) is 6.08 Å². The summed E-state index contributed by atoms with van der Waals surface area (Å²) >= 11 is 0. The van der Waals surface area contributed by atoms with E-state index in [4.69, 9.17) is 9.47 Å². The largest absolute Gasteiger partial charge is 0.493 e. The number of halogens is 1. The van der Waals surface area contributed by atoms with Crippen LogP contribution in [0.3, 0.4) is 0 Å². The van der Waals surface area contributed by atoms with E-state index in [1.165, 1.54) is 13.2 Å². The van der Waals surface area contributed by atoms with Gasteiger partial charge < -0.3 is 14.8 Å². The molecule has 2 rings (SSSR count). The molecule has 0 aromatic heterocycles. The lowest BCUT2D eigenvalue weighted by Crippen LogP contribution is -2.21. The van der Waals surface area contributed by atoms with Gasteiger partial charge in [-0.25, -0.2) is 4.39 Å². The number of hydrogen-bond donors (Lipinski definition) is 1. The van der Waals surface area contributed by atoms with E-state index < -0.39 is 11.7 Å². The molecule has 0 unspecified atom stereocenters. The monoisotopic (exact) mass is 329 g/mol. The predicted molar refractivity (Wildman–Crippen MR) is 93.0 cm³/mol. The zero-order valence-electron chi connectivity index (χ0n) is 13.9. The van der Waals surface area contributed by atoms with E-state index in [1.54, 1.807) is 18.2 Å². The second kappa shape index (κ2) is 8.15. The Balaban J connectivity index is 2.02. The van der Waals surface area contributed by atoms with Gasteiger partial charge in [-0.1, -0.05) is 24.3 Å². The normalized spacial score (nSPS) is 10.7. The van der Waals surface area contributed by atoms with E-state index in [1.807, 2.05) is 38.1 Å². The van der Waals surface area contributed by atoms with E-state index >= 15 is 0 Å². The van der Waals surface area contributed by atoms with Crippen LogP contribution >= 0.6 is 0 Å². The lowest BCUT2D eigenvalue weighted by molar-refractivity contribution is -0.118. The molecule has 0 aliphatic carbocycles. The first-order valence-electron chi connectivity index (χ1n) is 7.53. The maximum absolute atomic E-state index is 13.6. The highest BCUT2D eigenvalue weighted by molar-refractivity contribution is 5.92. The Morgan fingerprint density at radius 2 is 2.00 bits per heavy atom. The predicted octanol–water partition coefficient (Wildman–Crippen LogP) is 4.19. The lowest BCUT2D eigenvalue weighted by atomic mass is 10.2. The van der Waals surface area contributed by atoms with Crippen LogP contribution in [0.5, 0.6) is 11.5 Å². The van der Waals surface area contributed by atoms with Gasteiger partial charge in [0.25, 0.3) is 5.91 Å². The highest BCUT2D eigenvalue weighted by atomic mass is 19.1. The minimum absolute atomic E-state index is 0.138. The van der Waals surface area contributed by atoms with E-state index in [0.29, 0.717) is 11.5 Å². The Labute approximate surface area is 140 Å². The average molecular weight is 329 g/mol. The van der Waals surface area contributed by atoms with Crippen LogP contribution in [-0.2, 0) is 4.79 Å². The first-order valence-corrected chi connectivity index (χ1v) is 7.53. The van der Waals surface area contributed by atoms with Crippen molar-refractivity contribution in [2.45, 2.75) is 13.8 Å².